The number of benzene rings is 2. The molecule has 2 rings (SSSR count). The van der Waals surface area contributed by atoms with Crippen molar-refractivity contribution in [1.82, 2.24) is 0 Å². The van der Waals surface area contributed by atoms with E-state index in [2.05, 4.69) is 10.0 Å². The van der Waals surface area contributed by atoms with E-state index in [1.165, 1.54) is 18.2 Å². The van der Waals surface area contributed by atoms with Gasteiger partial charge in [0, 0.05) is 11.4 Å². The molecule has 0 saturated heterocycles. The standard InChI is InChI=1S/C16H17ClN2O3S/c1-10-4-5-12(8-11(10)2)18-16(20)14-9-13(6-7-15(14)17)19-23(3,21)22/h4-9,19H,1-3H3,(H,18,20). The molecule has 7 heteroatoms. The van der Waals surface area contributed by atoms with Crippen LogP contribution >= 0.6 is 11.6 Å². The summed E-state index contributed by atoms with van der Waals surface area (Å²) in [5, 5.41) is 3.00. The van der Waals surface area contributed by atoms with Gasteiger partial charge in [-0.15, -0.1) is 0 Å². The number of halogens is 1. The summed E-state index contributed by atoms with van der Waals surface area (Å²) in [6.07, 6.45) is 1.04. The van der Waals surface area contributed by atoms with Crippen molar-refractivity contribution in [3.05, 3.63) is 58.1 Å². The molecule has 0 heterocycles. The number of rotatable bonds is 4. The number of nitrogens with one attached hydrogen (secondary N) is 2. The van der Waals surface area contributed by atoms with E-state index in [0.717, 1.165) is 17.4 Å². The van der Waals surface area contributed by atoms with Crippen molar-refractivity contribution in [1.29, 1.82) is 0 Å². The Morgan fingerprint density at radius 1 is 1.00 bits per heavy atom. The van der Waals surface area contributed by atoms with Crippen molar-refractivity contribution in [2.45, 2.75) is 13.8 Å². The zero-order valence-corrected chi connectivity index (χ0v) is 14.5. The quantitative estimate of drug-likeness (QED) is 0.883. The number of carbonyl (C=O) groups is 1. The second-order valence-electron chi connectivity index (χ2n) is 5.32. The molecule has 0 bridgehead atoms. The van der Waals surface area contributed by atoms with Crippen LogP contribution in [0.3, 0.4) is 0 Å². The van der Waals surface area contributed by atoms with Gasteiger partial charge < -0.3 is 5.32 Å². The Morgan fingerprint density at radius 2 is 1.65 bits per heavy atom. The van der Waals surface area contributed by atoms with Crippen LogP contribution in [-0.4, -0.2) is 20.6 Å². The fourth-order valence-electron chi connectivity index (χ4n) is 1.99. The predicted molar refractivity (Wildman–Crippen MR) is 93.8 cm³/mol. The minimum Gasteiger partial charge on any atom is -0.322 e. The molecule has 1 amide bonds. The molecule has 0 unspecified atom stereocenters. The lowest BCUT2D eigenvalue weighted by molar-refractivity contribution is 0.102. The van der Waals surface area contributed by atoms with E-state index >= 15 is 0 Å². The molecule has 2 aromatic rings. The van der Waals surface area contributed by atoms with Gasteiger partial charge in [-0.3, -0.25) is 9.52 Å². The van der Waals surface area contributed by atoms with Crippen LogP contribution in [0, 0.1) is 13.8 Å². The molecule has 0 aromatic heterocycles. The van der Waals surface area contributed by atoms with E-state index in [-0.39, 0.29) is 16.3 Å². The molecule has 0 spiro atoms. The molecule has 122 valence electrons. The van der Waals surface area contributed by atoms with Crippen molar-refractivity contribution in [3.8, 4) is 0 Å². The number of sulfonamides is 1. The number of anilines is 2. The molecule has 2 aromatic carbocycles. The lowest BCUT2D eigenvalue weighted by atomic mass is 10.1. The summed E-state index contributed by atoms with van der Waals surface area (Å²) in [5.74, 6) is -0.407. The zero-order valence-electron chi connectivity index (χ0n) is 13.0. The Hall–Kier alpha value is -2.05. The van der Waals surface area contributed by atoms with Crippen LogP contribution in [0.25, 0.3) is 0 Å². The Morgan fingerprint density at radius 3 is 2.26 bits per heavy atom. The first-order valence-electron chi connectivity index (χ1n) is 6.81. The second kappa shape index (κ2) is 6.60. The number of aryl methyl sites for hydroxylation is 2. The summed E-state index contributed by atoms with van der Waals surface area (Å²) in [6, 6.07) is 9.95. The van der Waals surface area contributed by atoms with Crippen LogP contribution in [0.1, 0.15) is 21.5 Å². The van der Waals surface area contributed by atoms with Gasteiger partial charge in [-0.25, -0.2) is 8.42 Å². The third-order valence-corrected chi connectivity index (χ3v) is 4.22. The predicted octanol–water partition coefficient (Wildman–Crippen LogP) is 3.58. The van der Waals surface area contributed by atoms with Crippen LogP contribution < -0.4 is 10.0 Å². The third kappa shape index (κ3) is 4.71. The summed E-state index contributed by atoms with van der Waals surface area (Å²) in [6.45, 7) is 3.94. The van der Waals surface area contributed by atoms with Gasteiger partial charge in [0.25, 0.3) is 5.91 Å². The normalized spacial score (nSPS) is 11.1. The van der Waals surface area contributed by atoms with Gasteiger partial charge in [0.15, 0.2) is 0 Å². The topological polar surface area (TPSA) is 75.3 Å². The van der Waals surface area contributed by atoms with Crippen LogP contribution in [0.15, 0.2) is 36.4 Å². The number of carbonyl (C=O) groups excluding carboxylic acids is 1. The van der Waals surface area contributed by atoms with Gasteiger partial charge in [0.05, 0.1) is 16.8 Å². The lowest BCUT2D eigenvalue weighted by Crippen LogP contribution is -2.14. The molecule has 5 nitrogen and oxygen atoms in total. The first-order chi connectivity index (χ1) is 10.7. The molecular formula is C16H17ClN2O3S. The minimum absolute atomic E-state index is 0.193. The molecule has 0 aliphatic carbocycles. The van der Waals surface area contributed by atoms with E-state index in [1.807, 2.05) is 26.0 Å². The maximum absolute atomic E-state index is 12.4. The first-order valence-corrected chi connectivity index (χ1v) is 9.08. The molecule has 0 radical (unpaired) electrons. The highest BCUT2D eigenvalue weighted by Gasteiger charge is 2.13. The number of hydrogen-bond donors (Lipinski definition) is 2. The van der Waals surface area contributed by atoms with Gasteiger partial charge >= 0.3 is 0 Å². The summed E-state index contributed by atoms with van der Waals surface area (Å²) in [4.78, 5) is 12.4. The van der Waals surface area contributed by atoms with Gasteiger partial charge in [-0.05, 0) is 55.3 Å². The highest BCUT2D eigenvalue weighted by Crippen LogP contribution is 2.23. The largest absolute Gasteiger partial charge is 0.322 e. The van der Waals surface area contributed by atoms with Crippen LogP contribution in [0.2, 0.25) is 5.02 Å². The average Bonchev–Trinajstić information content (AvgIpc) is 2.43. The highest BCUT2D eigenvalue weighted by molar-refractivity contribution is 7.92. The van der Waals surface area contributed by atoms with Crippen LogP contribution in [0.4, 0.5) is 11.4 Å². The molecule has 2 N–H and O–H groups in total. The molecule has 0 aliphatic heterocycles. The van der Waals surface area contributed by atoms with Crippen molar-refractivity contribution in [2.75, 3.05) is 16.3 Å². The van der Waals surface area contributed by atoms with Crippen molar-refractivity contribution >= 4 is 38.9 Å². The molecule has 0 saturated carbocycles. The monoisotopic (exact) mass is 352 g/mol. The van der Waals surface area contributed by atoms with Crippen molar-refractivity contribution in [2.24, 2.45) is 0 Å². The maximum Gasteiger partial charge on any atom is 0.257 e. The summed E-state index contributed by atoms with van der Waals surface area (Å²) < 4.78 is 24.9. The van der Waals surface area contributed by atoms with E-state index in [4.69, 9.17) is 11.6 Å². The van der Waals surface area contributed by atoms with E-state index in [9.17, 15) is 13.2 Å². The summed E-state index contributed by atoms with van der Waals surface area (Å²) in [5.41, 5.74) is 3.30. The lowest BCUT2D eigenvalue weighted by Gasteiger charge is -2.11. The zero-order chi connectivity index (χ0) is 17.2. The smallest absolute Gasteiger partial charge is 0.257 e. The number of amides is 1. The maximum atomic E-state index is 12.4. The SMILES string of the molecule is Cc1ccc(NC(=O)c2cc(NS(C)(=O)=O)ccc2Cl)cc1C. The van der Waals surface area contributed by atoms with Crippen LogP contribution in [-0.2, 0) is 10.0 Å². The second-order valence-corrected chi connectivity index (χ2v) is 7.48. The molecule has 23 heavy (non-hydrogen) atoms. The van der Waals surface area contributed by atoms with Gasteiger partial charge in [-0.2, -0.15) is 0 Å². The Balaban J connectivity index is 2.27. The van der Waals surface area contributed by atoms with Gasteiger partial charge in [0.2, 0.25) is 10.0 Å². The van der Waals surface area contributed by atoms with E-state index in [1.54, 1.807) is 6.07 Å². The van der Waals surface area contributed by atoms with E-state index < -0.39 is 15.9 Å². The minimum atomic E-state index is -3.43. The molecule has 0 fully saturated rings. The fraction of sp³-hybridized carbons (Fsp3) is 0.188. The summed E-state index contributed by atoms with van der Waals surface area (Å²) >= 11 is 6.05. The van der Waals surface area contributed by atoms with E-state index in [0.29, 0.717) is 5.69 Å². The van der Waals surface area contributed by atoms with Crippen molar-refractivity contribution < 1.29 is 13.2 Å². The molecular weight excluding hydrogens is 336 g/mol. The Labute approximate surface area is 140 Å². The van der Waals surface area contributed by atoms with Gasteiger partial charge in [0.1, 0.15) is 0 Å². The average molecular weight is 353 g/mol. The highest BCUT2D eigenvalue weighted by atomic mass is 35.5. The van der Waals surface area contributed by atoms with Crippen LogP contribution in [0.5, 0.6) is 0 Å². The summed E-state index contributed by atoms with van der Waals surface area (Å²) in [7, 11) is -3.43. The first kappa shape index (κ1) is 17.3. The fourth-order valence-corrected chi connectivity index (χ4v) is 2.75. The molecule has 0 aliphatic rings. The number of hydrogen-bond acceptors (Lipinski definition) is 3. The van der Waals surface area contributed by atoms with Gasteiger partial charge in [-0.1, -0.05) is 17.7 Å². The van der Waals surface area contributed by atoms with Crippen molar-refractivity contribution in [3.63, 3.8) is 0 Å². The third-order valence-electron chi connectivity index (χ3n) is 3.28. The molecule has 0 atom stereocenters. The Kier molecular flexibility index (Phi) is 4.97. The Bertz CT molecular complexity index is 864.